The fraction of sp³-hybridized carbons (Fsp3) is 0.353. The summed E-state index contributed by atoms with van der Waals surface area (Å²) in [5.41, 5.74) is 1.79. The summed E-state index contributed by atoms with van der Waals surface area (Å²) in [6.07, 6.45) is 4.18. The quantitative estimate of drug-likeness (QED) is 0.796. The van der Waals surface area contributed by atoms with E-state index in [0.717, 1.165) is 47.3 Å². The van der Waals surface area contributed by atoms with Crippen LogP contribution in [-0.2, 0) is 7.05 Å². The van der Waals surface area contributed by atoms with Gasteiger partial charge in [-0.05, 0) is 37.1 Å². The third-order valence-corrected chi connectivity index (χ3v) is 4.32. The standard InChI is InChI=1S/C17H20N6O/c1-22-16-14(11-18-22)15(19-12-5-7-13(24-2)8-6-12)20-17(21-16)23-9-3-4-10-23/h5-8,11H,3-4,9-10H2,1-2H3,(H,19,20,21). The van der Waals surface area contributed by atoms with Gasteiger partial charge >= 0.3 is 0 Å². The summed E-state index contributed by atoms with van der Waals surface area (Å²) in [7, 11) is 3.56. The van der Waals surface area contributed by atoms with Gasteiger partial charge in [0.25, 0.3) is 0 Å². The van der Waals surface area contributed by atoms with Gasteiger partial charge in [0.15, 0.2) is 5.65 Å². The lowest BCUT2D eigenvalue weighted by Crippen LogP contribution is -2.21. The van der Waals surface area contributed by atoms with Crippen molar-refractivity contribution in [3.63, 3.8) is 0 Å². The molecule has 0 bridgehead atoms. The minimum absolute atomic E-state index is 0.764. The van der Waals surface area contributed by atoms with Crippen molar-refractivity contribution in [2.75, 3.05) is 30.4 Å². The van der Waals surface area contributed by atoms with Crippen LogP contribution in [-0.4, -0.2) is 39.9 Å². The first-order chi connectivity index (χ1) is 11.7. The number of hydrogen-bond acceptors (Lipinski definition) is 6. The maximum Gasteiger partial charge on any atom is 0.229 e. The van der Waals surface area contributed by atoms with Crippen molar-refractivity contribution in [3.8, 4) is 5.75 Å². The molecule has 0 aliphatic carbocycles. The highest BCUT2D eigenvalue weighted by molar-refractivity contribution is 5.89. The lowest BCUT2D eigenvalue weighted by atomic mass is 10.3. The Hall–Kier alpha value is -2.83. The van der Waals surface area contributed by atoms with Crippen LogP contribution in [0.2, 0.25) is 0 Å². The smallest absolute Gasteiger partial charge is 0.229 e. The van der Waals surface area contributed by atoms with E-state index in [0.29, 0.717) is 0 Å². The number of nitrogens with zero attached hydrogens (tertiary/aromatic N) is 5. The number of nitrogens with one attached hydrogen (secondary N) is 1. The lowest BCUT2D eigenvalue weighted by molar-refractivity contribution is 0.415. The summed E-state index contributed by atoms with van der Waals surface area (Å²) in [5.74, 6) is 2.37. The van der Waals surface area contributed by atoms with Gasteiger partial charge in [0.05, 0.1) is 18.7 Å². The van der Waals surface area contributed by atoms with E-state index >= 15 is 0 Å². The van der Waals surface area contributed by atoms with Crippen molar-refractivity contribution in [1.29, 1.82) is 0 Å². The maximum absolute atomic E-state index is 5.21. The van der Waals surface area contributed by atoms with Crippen LogP contribution >= 0.6 is 0 Å². The zero-order chi connectivity index (χ0) is 16.5. The van der Waals surface area contributed by atoms with E-state index in [2.05, 4.69) is 15.3 Å². The predicted octanol–water partition coefficient (Wildman–Crippen LogP) is 2.72. The van der Waals surface area contributed by atoms with Crippen molar-refractivity contribution in [2.24, 2.45) is 7.05 Å². The molecule has 1 aromatic carbocycles. The van der Waals surface area contributed by atoms with Gasteiger partial charge in [-0.3, -0.25) is 4.68 Å². The summed E-state index contributed by atoms with van der Waals surface area (Å²) in [6.45, 7) is 2.01. The van der Waals surface area contributed by atoms with Gasteiger partial charge in [-0.2, -0.15) is 15.1 Å². The second kappa shape index (κ2) is 5.99. The van der Waals surface area contributed by atoms with E-state index in [1.165, 1.54) is 12.8 Å². The van der Waals surface area contributed by atoms with Crippen molar-refractivity contribution in [3.05, 3.63) is 30.5 Å². The number of methoxy groups -OCH3 is 1. The normalized spacial score (nSPS) is 14.3. The first-order valence-electron chi connectivity index (χ1n) is 8.10. The summed E-state index contributed by atoms with van der Waals surface area (Å²) < 4.78 is 6.99. The van der Waals surface area contributed by atoms with E-state index in [9.17, 15) is 0 Å². The third-order valence-electron chi connectivity index (χ3n) is 4.32. The van der Waals surface area contributed by atoms with Gasteiger partial charge in [-0.25, -0.2) is 0 Å². The number of ether oxygens (including phenoxy) is 1. The van der Waals surface area contributed by atoms with Gasteiger partial charge in [0, 0.05) is 25.8 Å². The fourth-order valence-corrected chi connectivity index (χ4v) is 2.98. The van der Waals surface area contributed by atoms with Crippen molar-refractivity contribution in [1.82, 2.24) is 19.7 Å². The van der Waals surface area contributed by atoms with Gasteiger partial charge in [-0.15, -0.1) is 0 Å². The molecule has 1 aliphatic heterocycles. The van der Waals surface area contributed by atoms with Gasteiger partial charge in [-0.1, -0.05) is 0 Å². The summed E-state index contributed by atoms with van der Waals surface area (Å²) >= 11 is 0. The number of fused-ring (bicyclic) bond motifs is 1. The number of aryl methyl sites for hydroxylation is 1. The topological polar surface area (TPSA) is 68.1 Å². The number of hydrogen-bond donors (Lipinski definition) is 1. The first-order valence-corrected chi connectivity index (χ1v) is 8.10. The molecule has 7 heteroatoms. The molecule has 4 rings (SSSR count). The molecule has 0 atom stereocenters. The maximum atomic E-state index is 5.21. The van der Waals surface area contributed by atoms with Crippen LogP contribution in [0.5, 0.6) is 5.75 Å². The van der Waals surface area contributed by atoms with E-state index in [1.807, 2.05) is 31.3 Å². The van der Waals surface area contributed by atoms with Crippen LogP contribution in [0, 0.1) is 0 Å². The molecule has 1 fully saturated rings. The van der Waals surface area contributed by atoms with Crippen LogP contribution < -0.4 is 15.0 Å². The molecule has 0 amide bonds. The van der Waals surface area contributed by atoms with Gasteiger partial charge in [0.1, 0.15) is 11.6 Å². The molecule has 3 aromatic rings. The zero-order valence-corrected chi connectivity index (χ0v) is 13.9. The molecular formula is C17H20N6O. The van der Waals surface area contributed by atoms with Crippen molar-refractivity contribution < 1.29 is 4.74 Å². The van der Waals surface area contributed by atoms with Gasteiger partial charge < -0.3 is 15.0 Å². The van der Waals surface area contributed by atoms with Crippen LogP contribution in [0.3, 0.4) is 0 Å². The van der Waals surface area contributed by atoms with E-state index in [4.69, 9.17) is 14.7 Å². The van der Waals surface area contributed by atoms with Crippen LogP contribution in [0.15, 0.2) is 30.5 Å². The van der Waals surface area contributed by atoms with Crippen LogP contribution in [0.1, 0.15) is 12.8 Å². The summed E-state index contributed by atoms with van der Waals surface area (Å²) in [4.78, 5) is 11.7. The fourth-order valence-electron chi connectivity index (χ4n) is 2.98. The third kappa shape index (κ3) is 2.62. The zero-order valence-electron chi connectivity index (χ0n) is 13.9. The molecule has 1 saturated heterocycles. The number of aromatic nitrogens is 4. The molecule has 7 nitrogen and oxygen atoms in total. The monoisotopic (exact) mass is 324 g/mol. The molecule has 2 aromatic heterocycles. The number of anilines is 3. The Morgan fingerprint density at radius 3 is 2.54 bits per heavy atom. The Bertz CT molecular complexity index is 851. The van der Waals surface area contributed by atoms with Crippen LogP contribution in [0.4, 0.5) is 17.5 Å². The molecule has 1 N–H and O–H groups in total. The molecule has 3 heterocycles. The highest BCUT2D eigenvalue weighted by Crippen LogP contribution is 2.28. The second-order valence-electron chi connectivity index (χ2n) is 5.93. The SMILES string of the molecule is COc1ccc(Nc2nc(N3CCCC3)nc3c2cnn3C)cc1. The molecule has 24 heavy (non-hydrogen) atoms. The summed E-state index contributed by atoms with van der Waals surface area (Å²) in [5, 5.41) is 8.63. The molecule has 0 spiro atoms. The Labute approximate surface area is 140 Å². The molecule has 0 unspecified atom stereocenters. The van der Waals surface area contributed by atoms with E-state index in [1.54, 1.807) is 18.0 Å². The lowest BCUT2D eigenvalue weighted by Gasteiger charge is -2.17. The molecule has 124 valence electrons. The first kappa shape index (κ1) is 14.7. The number of rotatable bonds is 4. The van der Waals surface area contributed by atoms with Crippen molar-refractivity contribution >= 4 is 28.5 Å². The highest BCUT2D eigenvalue weighted by Gasteiger charge is 2.19. The van der Waals surface area contributed by atoms with Crippen LogP contribution in [0.25, 0.3) is 11.0 Å². The minimum atomic E-state index is 0.764. The predicted molar refractivity (Wildman–Crippen MR) is 94.0 cm³/mol. The van der Waals surface area contributed by atoms with E-state index < -0.39 is 0 Å². The summed E-state index contributed by atoms with van der Waals surface area (Å²) in [6, 6.07) is 7.79. The Kier molecular flexibility index (Phi) is 3.68. The molecule has 1 aliphatic rings. The largest absolute Gasteiger partial charge is 0.497 e. The Morgan fingerprint density at radius 2 is 1.83 bits per heavy atom. The molecular weight excluding hydrogens is 304 g/mol. The second-order valence-corrected chi connectivity index (χ2v) is 5.93. The number of benzene rings is 1. The molecule has 0 radical (unpaired) electrons. The Morgan fingerprint density at radius 1 is 1.08 bits per heavy atom. The van der Waals surface area contributed by atoms with Crippen molar-refractivity contribution in [2.45, 2.75) is 12.8 Å². The van der Waals surface area contributed by atoms with Gasteiger partial charge in [0.2, 0.25) is 5.95 Å². The average molecular weight is 324 g/mol. The van der Waals surface area contributed by atoms with E-state index in [-0.39, 0.29) is 0 Å². The molecule has 0 saturated carbocycles. The highest BCUT2D eigenvalue weighted by atomic mass is 16.5. The Balaban J connectivity index is 1.74. The minimum Gasteiger partial charge on any atom is -0.497 e. The average Bonchev–Trinajstić information content (AvgIpc) is 3.26.